The molecule has 5 nitrogen and oxygen atoms in total. The summed E-state index contributed by atoms with van der Waals surface area (Å²) in [5, 5.41) is 14.6. The lowest BCUT2D eigenvalue weighted by molar-refractivity contribution is -0.120. The molecule has 0 bridgehead atoms. The molecule has 120 valence electrons. The topological polar surface area (TPSA) is 78.4 Å². The lowest BCUT2D eigenvalue weighted by atomic mass is 10.1. The smallest absolute Gasteiger partial charge is 0.251 e. The van der Waals surface area contributed by atoms with Gasteiger partial charge < -0.3 is 15.7 Å². The van der Waals surface area contributed by atoms with Crippen molar-refractivity contribution in [3.8, 4) is 5.75 Å². The maximum atomic E-state index is 12.8. The first kappa shape index (κ1) is 16.5. The summed E-state index contributed by atoms with van der Waals surface area (Å²) in [7, 11) is 0. The molecule has 0 aliphatic carbocycles. The van der Waals surface area contributed by atoms with Gasteiger partial charge in [0.25, 0.3) is 5.91 Å². The van der Waals surface area contributed by atoms with Gasteiger partial charge in [-0.3, -0.25) is 9.59 Å². The third kappa shape index (κ3) is 5.43. The highest BCUT2D eigenvalue weighted by Crippen LogP contribution is 2.10. The Morgan fingerprint density at radius 2 is 1.70 bits per heavy atom. The minimum atomic E-state index is -0.344. The first-order valence-corrected chi connectivity index (χ1v) is 7.13. The standard InChI is InChI=1S/C17H17FN2O3/c18-14-6-4-12(5-7-14)10-16(22)19-8-9-20-17(23)13-2-1-3-15(21)11-13/h1-7,11,21H,8-10H2,(H,19,22)(H,20,23). The number of aromatic hydroxyl groups is 1. The summed E-state index contributed by atoms with van der Waals surface area (Å²) in [6.45, 7) is 0.550. The Bertz CT molecular complexity index is 686. The van der Waals surface area contributed by atoms with Crippen molar-refractivity contribution in [2.24, 2.45) is 0 Å². The van der Waals surface area contributed by atoms with E-state index in [0.29, 0.717) is 11.1 Å². The van der Waals surface area contributed by atoms with Crippen molar-refractivity contribution >= 4 is 11.8 Å². The Hall–Kier alpha value is -2.89. The number of hydrogen-bond acceptors (Lipinski definition) is 3. The summed E-state index contributed by atoms with van der Waals surface area (Å²) < 4.78 is 12.8. The van der Waals surface area contributed by atoms with Crippen molar-refractivity contribution in [3.05, 3.63) is 65.5 Å². The van der Waals surface area contributed by atoms with Gasteiger partial charge in [0.1, 0.15) is 11.6 Å². The molecule has 3 N–H and O–H groups in total. The van der Waals surface area contributed by atoms with Crippen LogP contribution in [0.15, 0.2) is 48.5 Å². The van der Waals surface area contributed by atoms with Gasteiger partial charge >= 0.3 is 0 Å². The number of carbonyl (C=O) groups excluding carboxylic acids is 2. The second kappa shape index (κ2) is 7.93. The second-order valence-electron chi connectivity index (χ2n) is 4.96. The number of amides is 2. The maximum Gasteiger partial charge on any atom is 0.251 e. The molecule has 0 unspecified atom stereocenters. The van der Waals surface area contributed by atoms with Crippen LogP contribution in [-0.2, 0) is 11.2 Å². The molecular weight excluding hydrogens is 299 g/mol. The SMILES string of the molecule is O=C(Cc1ccc(F)cc1)NCCNC(=O)c1cccc(O)c1. The number of rotatable bonds is 6. The Balaban J connectivity index is 1.69. The Morgan fingerprint density at radius 1 is 1.00 bits per heavy atom. The average molecular weight is 316 g/mol. The van der Waals surface area contributed by atoms with Crippen molar-refractivity contribution < 1.29 is 19.1 Å². The van der Waals surface area contributed by atoms with Crippen LogP contribution in [0.3, 0.4) is 0 Å². The molecule has 23 heavy (non-hydrogen) atoms. The molecule has 2 aromatic rings. The Morgan fingerprint density at radius 3 is 2.39 bits per heavy atom. The third-order valence-corrected chi connectivity index (χ3v) is 3.12. The van der Waals surface area contributed by atoms with Crippen LogP contribution in [0, 0.1) is 5.82 Å². The van der Waals surface area contributed by atoms with Crippen LogP contribution >= 0.6 is 0 Å². The normalized spacial score (nSPS) is 10.1. The van der Waals surface area contributed by atoms with Crippen LogP contribution in [0.4, 0.5) is 4.39 Å². The zero-order chi connectivity index (χ0) is 16.7. The zero-order valence-electron chi connectivity index (χ0n) is 12.4. The van der Waals surface area contributed by atoms with E-state index in [9.17, 15) is 19.1 Å². The van der Waals surface area contributed by atoms with Crippen LogP contribution in [0.5, 0.6) is 5.75 Å². The van der Waals surface area contributed by atoms with Crippen LogP contribution < -0.4 is 10.6 Å². The molecule has 0 aliphatic rings. The molecule has 0 saturated carbocycles. The van der Waals surface area contributed by atoms with Gasteiger partial charge in [-0.2, -0.15) is 0 Å². The predicted molar refractivity (Wildman–Crippen MR) is 83.6 cm³/mol. The minimum Gasteiger partial charge on any atom is -0.508 e. The van der Waals surface area contributed by atoms with E-state index in [1.807, 2.05) is 0 Å². The van der Waals surface area contributed by atoms with E-state index in [2.05, 4.69) is 10.6 Å². The van der Waals surface area contributed by atoms with Gasteiger partial charge in [-0.05, 0) is 35.9 Å². The second-order valence-corrected chi connectivity index (χ2v) is 4.96. The van der Waals surface area contributed by atoms with Crippen molar-refractivity contribution in [3.63, 3.8) is 0 Å². The van der Waals surface area contributed by atoms with E-state index in [1.165, 1.54) is 24.3 Å². The fourth-order valence-electron chi connectivity index (χ4n) is 1.98. The lowest BCUT2D eigenvalue weighted by Crippen LogP contribution is -2.35. The van der Waals surface area contributed by atoms with Gasteiger partial charge in [0.2, 0.25) is 5.91 Å². The molecule has 0 saturated heterocycles. The number of hydrogen-bond donors (Lipinski definition) is 3. The molecule has 0 radical (unpaired) electrons. The Labute approximate surface area is 133 Å². The van der Waals surface area contributed by atoms with Crippen molar-refractivity contribution in [2.75, 3.05) is 13.1 Å². The summed E-state index contributed by atoms with van der Waals surface area (Å²) in [5.74, 6) is -0.856. The number of halogens is 1. The highest BCUT2D eigenvalue weighted by atomic mass is 19.1. The number of phenols is 1. The predicted octanol–water partition coefficient (Wildman–Crippen LogP) is 1.62. The monoisotopic (exact) mass is 316 g/mol. The van der Waals surface area contributed by atoms with Crippen LogP contribution in [0.1, 0.15) is 15.9 Å². The molecule has 2 aromatic carbocycles. The molecule has 0 aromatic heterocycles. The van der Waals surface area contributed by atoms with E-state index in [-0.39, 0.29) is 42.9 Å². The van der Waals surface area contributed by atoms with Gasteiger partial charge in [0.15, 0.2) is 0 Å². The lowest BCUT2D eigenvalue weighted by Gasteiger charge is -2.07. The molecule has 2 rings (SSSR count). The number of carbonyl (C=O) groups is 2. The molecule has 0 heterocycles. The Kier molecular flexibility index (Phi) is 5.68. The number of benzene rings is 2. The number of nitrogens with one attached hydrogen (secondary N) is 2. The van der Waals surface area contributed by atoms with Gasteiger partial charge in [-0.1, -0.05) is 18.2 Å². The molecular formula is C17H17FN2O3. The van der Waals surface area contributed by atoms with E-state index in [4.69, 9.17) is 0 Å². The van der Waals surface area contributed by atoms with E-state index in [0.717, 1.165) is 0 Å². The fraction of sp³-hybridized carbons (Fsp3) is 0.176. The quantitative estimate of drug-likeness (QED) is 0.709. The minimum absolute atomic E-state index is 0.0188. The van der Waals surface area contributed by atoms with Crippen LogP contribution in [0.2, 0.25) is 0 Å². The van der Waals surface area contributed by atoms with E-state index >= 15 is 0 Å². The van der Waals surface area contributed by atoms with Crippen molar-refractivity contribution in [1.29, 1.82) is 0 Å². The fourth-order valence-corrected chi connectivity index (χ4v) is 1.98. The largest absolute Gasteiger partial charge is 0.508 e. The van der Waals surface area contributed by atoms with Gasteiger partial charge in [0.05, 0.1) is 6.42 Å². The summed E-state index contributed by atoms with van der Waals surface area (Å²) >= 11 is 0. The average Bonchev–Trinajstić information content (AvgIpc) is 2.53. The molecule has 0 fully saturated rings. The highest BCUT2D eigenvalue weighted by Gasteiger charge is 2.06. The zero-order valence-corrected chi connectivity index (χ0v) is 12.4. The van der Waals surface area contributed by atoms with Crippen molar-refractivity contribution in [1.82, 2.24) is 10.6 Å². The molecule has 0 aliphatic heterocycles. The van der Waals surface area contributed by atoms with Gasteiger partial charge in [-0.25, -0.2) is 4.39 Å². The van der Waals surface area contributed by atoms with Gasteiger partial charge in [0, 0.05) is 18.7 Å². The summed E-state index contributed by atoms with van der Waals surface area (Å²) in [4.78, 5) is 23.5. The van der Waals surface area contributed by atoms with E-state index in [1.54, 1.807) is 24.3 Å². The third-order valence-electron chi connectivity index (χ3n) is 3.12. The molecule has 0 atom stereocenters. The summed E-state index contributed by atoms with van der Waals surface area (Å²) in [6, 6.07) is 11.7. The first-order valence-electron chi connectivity index (χ1n) is 7.13. The highest BCUT2D eigenvalue weighted by molar-refractivity contribution is 5.94. The van der Waals surface area contributed by atoms with Gasteiger partial charge in [-0.15, -0.1) is 0 Å². The van der Waals surface area contributed by atoms with Crippen LogP contribution in [0.25, 0.3) is 0 Å². The number of phenolic OH excluding ortho intramolecular Hbond substituents is 1. The molecule has 2 amide bonds. The molecule has 6 heteroatoms. The summed E-state index contributed by atoms with van der Waals surface area (Å²) in [6.07, 6.45) is 0.154. The van der Waals surface area contributed by atoms with E-state index < -0.39 is 0 Å². The van der Waals surface area contributed by atoms with Crippen molar-refractivity contribution in [2.45, 2.75) is 6.42 Å². The first-order chi connectivity index (χ1) is 11.0. The maximum absolute atomic E-state index is 12.8. The molecule has 0 spiro atoms. The summed E-state index contributed by atoms with van der Waals surface area (Å²) in [5.41, 5.74) is 1.07. The van der Waals surface area contributed by atoms with Crippen LogP contribution in [-0.4, -0.2) is 30.0 Å².